The zero-order valence-electron chi connectivity index (χ0n) is 9.35. The molecule has 0 spiro atoms. The van der Waals surface area contributed by atoms with Crippen LogP contribution in [0.2, 0.25) is 0 Å². The maximum Gasteiger partial charge on any atom is 0.318 e. The Labute approximate surface area is 89.9 Å². The Hall–Kier alpha value is -1.55. The molecule has 0 fully saturated rings. The number of carbonyl (C=O) groups excluding carboxylic acids is 1. The van der Waals surface area contributed by atoms with Crippen LogP contribution in [0.4, 0.5) is 10.5 Å². The summed E-state index contributed by atoms with van der Waals surface area (Å²) in [5, 5.41) is 5.23. The normalized spacial score (nSPS) is 9.87. The molecule has 0 bridgehead atoms. The number of benzene rings is 1. The molecule has 0 unspecified atom stereocenters. The Balaban J connectivity index is 3.00. The lowest BCUT2D eigenvalue weighted by molar-refractivity contribution is 0.254. The summed E-state index contributed by atoms with van der Waals surface area (Å²) in [5.41, 5.74) is 9.77. The lowest BCUT2D eigenvalue weighted by Gasteiger charge is -2.11. The molecule has 4 N–H and O–H groups in total. The smallest absolute Gasteiger partial charge is 0.318 e. The van der Waals surface area contributed by atoms with Gasteiger partial charge in [-0.3, -0.25) is 0 Å². The number of nitrogens with two attached hydrogens (primary N) is 1. The largest absolute Gasteiger partial charge is 0.341 e. The quantitative estimate of drug-likeness (QED) is 0.688. The number of nitrogens with one attached hydrogen (secondary N) is 2. The molecule has 1 aromatic rings. The number of anilines is 1. The van der Waals surface area contributed by atoms with Gasteiger partial charge in [0.2, 0.25) is 0 Å². The number of urea groups is 1. The van der Waals surface area contributed by atoms with Gasteiger partial charge in [0.15, 0.2) is 0 Å². The Kier molecular flexibility index (Phi) is 3.68. The van der Waals surface area contributed by atoms with Crippen molar-refractivity contribution in [2.45, 2.75) is 20.4 Å². The molecule has 4 heteroatoms. The van der Waals surface area contributed by atoms with E-state index in [4.69, 9.17) is 5.73 Å². The fourth-order valence-corrected chi connectivity index (χ4v) is 1.41. The first-order valence-electron chi connectivity index (χ1n) is 4.87. The highest BCUT2D eigenvalue weighted by Crippen LogP contribution is 2.19. The summed E-state index contributed by atoms with van der Waals surface area (Å²) in [7, 11) is 1.58. The van der Waals surface area contributed by atoms with E-state index < -0.39 is 0 Å². The van der Waals surface area contributed by atoms with Crippen molar-refractivity contribution in [3.63, 3.8) is 0 Å². The Morgan fingerprint density at radius 2 is 2.07 bits per heavy atom. The van der Waals surface area contributed by atoms with Crippen molar-refractivity contribution in [3.8, 4) is 0 Å². The maximum absolute atomic E-state index is 11.1. The van der Waals surface area contributed by atoms with E-state index in [-0.39, 0.29) is 6.03 Å². The Bertz CT molecular complexity index is 374. The molecule has 1 aromatic carbocycles. The van der Waals surface area contributed by atoms with Gasteiger partial charge in [-0.25, -0.2) is 4.79 Å². The Morgan fingerprint density at radius 3 is 2.60 bits per heavy atom. The van der Waals surface area contributed by atoms with Gasteiger partial charge in [0.05, 0.1) is 0 Å². The minimum atomic E-state index is -0.221. The minimum Gasteiger partial charge on any atom is -0.341 e. The molecule has 0 aliphatic heterocycles. The predicted molar refractivity (Wildman–Crippen MR) is 61.9 cm³/mol. The monoisotopic (exact) mass is 207 g/mol. The fraction of sp³-hybridized carbons (Fsp3) is 0.364. The second-order valence-corrected chi connectivity index (χ2v) is 3.49. The SMILES string of the molecule is CNC(=O)Nc1cc(C)c(C)c(CN)c1. The highest BCUT2D eigenvalue weighted by molar-refractivity contribution is 5.89. The van der Waals surface area contributed by atoms with E-state index in [2.05, 4.69) is 10.6 Å². The summed E-state index contributed by atoms with van der Waals surface area (Å²) in [6.07, 6.45) is 0. The summed E-state index contributed by atoms with van der Waals surface area (Å²) in [5.74, 6) is 0. The molecule has 0 heterocycles. The molecular formula is C11H17N3O. The molecular weight excluding hydrogens is 190 g/mol. The van der Waals surface area contributed by atoms with Gasteiger partial charge in [-0.1, -0.05) is 0 Å². The van der Waals surface area contributed by atoms with Gasteiger partial charge < -0.3 is 16.4 Å². The van der Waals surface area contributed by atoms with Crippen LogP contribution in [0.1, 0.15) is 16.7 Å². The molecule has 2 amide bonds. The van der Waals surface area contributed by atoms with Crippen LogP contribution in [0.3, 0.4) is 0 Å². The van der Waals surface area contributed by atoms with Crippen LogP contribution in [-0.4, -0.2) is 13.1 Å². The first-order valence-corrected chi connectivity index (χ1v) is 4.87. The van der Waals surface area contributed by atoms with Gasteiger partial charge >= 0.3 is 6.03 Å². The molecule has 0 saturated heterocycles. The van der Waals surface area contributed by atoms with E-state index in [0.29, 0.717) is 6.54 Å². The molecule has 0 atom stereocenters. The number of hydrogen-bond acceptors (Lipinski definition) is 2. The van der Waals surface area contributed by atoms with E-state index >= 15 is 0 Å². The van der Waals surface area contributed by atoms with Gasteiger partial charge in [0.1, 0.15) is 0 Å². The predicted octanol–water partition coefficient (Wildman–Crippen LogP) is 1.51. The van der Waals surface area contributed by atoms with Crippen molar-refractivity contribution in [3.05, 3.63) is 28.8 Å². The summed E-state index contributed by atoms with van der Waals surface area (Å²) in [4.78, 5) is 11.1. The third kappa shape index (κ3) is 2.70. The van der Waals surface area contributed by atoms with Crippen molar-refractivity contribution >= 4 is 11.7 Å². The topological polar surface area (TPSA) is 67.2 Å². The van der Waals surface area contributed by atoms with Gasteiger partial charge in [0.25, 0.3) is 0 Å². The second kappa shape index (κ2) is 4.79. The van der Waals surface area contributed by atoms with Gasteiger partial charge in [-0.05, 0) is 42.7 Å². The molecule has 15 heavy (non-hydrogen) atoms. The molecule has 1 rings (SSSR count). The number of amides is 2. The van der Waals surface area contributed by atoms with E-state index in [9.17, 15) is 4.79 Å². The zero-order valence-corrected chi connectivity index (χ0v) is 9.35. The van der Waals surface area contributed by atoms with Crippen molar-refractivity contribution in [1.29, 1.82) is 0 Å². The van der Waals surface area contributed by atoms with Crippen LogP contribution >= 0.6 is 0 Å². The number of aryl methyl sites for hydroxylation is 1. The van der Waals surface area contributed by atoms with Gasteiger partial charge in [0, 0.05) is 19.3 Å². The summed E-state index contributed by atoms with van der Waals surface area (Å²) >= 11 is 0. The van der Waals surface area contributed by atoms with E-state index in [1.165, 1.54) is 5.56 Å². The average molecular weight is 207 g/mol. The molecule has 0 aromatic heterocycles. The van der Waals surface area contributed by atoms with Crippen molar-refractivity contribution in [2.24, 2.45) is 5.73 Å². The van der Waals surface area contributed by atoms with E-state index in [0.717, 1.165) is 16.8 Å². The maximum atomic E-state index is 11.1. The van der Waals surface area contributed by atoms with Gasteiger partial charge in [-0.2, -0.15) is 0 Å². The first kappa shape index (κ1) is 11.5. The van der Waals surface area contributed by atoms with Crippen molar-refractivity contribution in [2.75, 3.05) is 12.4 Å². The standard InChI is InChI=1S/C11H17N3O/c1-7-4-10(14-11(15)13-3)5-9(6-12)8(7)2/h4-5H,6,12H2,1-3H3,(H2,13,14,15). The summed E-state index contributed by atoms with van der Waals surface area (Å²) in [6, 6.07) is 3.61. The number of carbonyl (C=O) groups is 1. The summed E-state index contributed by atoms with van der Waals surface area (Å²) < 4.78 is 0. The molecule has 0 aliphatic rings. The number of rotatable bonds is 2. The van der Waals surface area contributed by atoms with Crippen LogP contribution in [0, 0.1) is 13.8 Å². The zero-order chi connectivity index (χ0) is 11.4. The molecule has 0 aliphatic carbocycles. The average Bonchev–Trinajstić information content (AvgIpc) is 2.22. The number of hydrogen-bond donors (Lipinski definition) is 3. The molecule has 82 valence electrons. The third-order valence-corrected chi connectivity index (χ3v) is 2.48. The van der Waals surface area contributed by atoms with Crippen LogP contribution in [0.5, 0.6) is 0 Å². The van der Waals surface area contributed by atoms with Crippen LogP contribution in [0.25, 0.3) is 0 Å². The molecule has 4 nitrogen and oxygen atoms in total. The van der Waals surface area contributed by atoms with Crippen molar-refractivity contribution < 1.29 is 4.79 Å². The van der Waals surface area contributed by atoms with Crippen molar-refractivity contribution in [1.82, 2.24) is 5.32 Å². The van der Waals surface area contributed by atoms with E-state index in [1.807, 2.05) is 26.0 Å². The first-order chi connectivity index (χ1) is 7.08. The fourth-order valence-electron chi connectivity index (χ4n) is 1.41. The highest BCUT2D eigenvalue weighted by Gasteiger charge is 2.04. The lowest BCUT2D eigenvalue weighted by Crippen LogP contribution is -2.24. The van der Waals surface area contributed by atoms with Crippen LogP contribution in [-0.2, 0) is 6.54 Å². The van der Waals surface area contributed by atoms with Crippen LogP contribution < -0.4 is 16.4 Å². The third-order valence-electron chi connectivity index (χ3n) is 2.48. The second-order valence-electron chi connectivity index (χ2n) is 3.49. The minimum absolute atomic E-state index is 0.221. The Morgan fingerprint density at radius 1 is 1.40 bits per heavy atom. The highest BCUT2D eigenvalue weighted by atomic mass is 16.2. The molecule has 0 radical (unpaired) electrons. The van der Waals surface area contributed by atoms with E-state index in [1.54, 1.807) is 7.05 Å². The van der Waals surface area contributed by atoms with Crippen LogP contribution in [0.15, 0.2) is 12.1 Å². The lowest BCUT2D eigenvalue weighted by atomic mass is 10.0. The van der Waals surface area contributed by atoms with Gasteiger partial charge in [-0.15, -0.1) is 0 Å². The summed E-state index contributed by atoms with van der Waals surface area (Å²) in [6.45, 7) is 4.51. The molecule has 0 saturated carbocycles.